The maximum atomic E-state index is 11.8. The molecular formula is C22H20N6O3S. The molecule has 0 amide bonds. The normalized spacial score (nSPS) is 16.2. The van der Waals surface area contributed by atoms with Crippen molar-refractivity contribution in [1.29, 1.82) is 0 Å². The fourth-order valence-corrected chi connectivity index (χ4v) is 5.57. The van der Waals surface area contributed by atoms with Crippen LogP contribution in [0.25, 0.3) is 28.0 Å². The molecule has 0 radical (unpaired) electrons. The Morgan fingerprint density at radius 3 is 2.53 bits per heavy atom. The molecule has 5 heterocycles. The SMILES string of the molecule is Nc1c(C=O)c(C2CCS(=O)(=O)CC2)nc2c(-c3ccc(-c4cccnc4)nc3)cnn12. The van der Waals surface area contributed by atoms with E-state index in [4.69, 9.17) is 10.7 Å². The van der Waals surface area contributed by atoms with E-state index in [-0.39, 0.29) is 28.8 Å². The molecule has 4 aromatic heterocycles. The van der Waals surface area contributed by atoms with Gasteiger partial charge in [0.2, 0.25) is 0 Å². The summed E-state index contributed by atoms with van der Waals surface area (Å²) >= 11 is 0. The van der Waals surface area contributed by atoms with Crippen LogP contribution in [-0.2, 0) is 9.84 Å². The van der Waals surface area contributed by atoms with Crippen LogP contribution in [0.15, 0.2) is 49.1 Å². The number of carbonyl (C=O) groups excluding carboxylic acids is 1. The van der Waals surface area contributed by atoms with Gasteiger partial charge in [-0.25, -0.2) is 13.4 Å². The third-order valence-corrected chi connectivity index (χ3v) is 7.56. The number of aldehydes is 1. The Morgan fingerprint density at radius 2 is 1.88 bits per heavy atom. The number of carbonyl (C=O) groups is 1. The molecule has 1 aliphatic heterocycles. The van der Waals surface area contributed by atoms with Crippen molar-refractivity contribution in [2.45, 2.75) is 18.8 Å². The lowest BCUT2D eigenvalue weighted by Crippen LogP contribution is -2.24. The van der Waals surface area contributed by atoms with Crippen LogP contribution in [0.3, 0.4) is 0 Å². The van der Waals surface area contributed by atoms with Crippen LogP contribution in [0.4, 0.5) is 5.82 Å². The smallest absolute Gasteiger partial charge is 0.165 e. The van der Waals surface area contributed by atoms with Crippen molar-refractivity contribution >= 4 is 27.6 Å². The van der Waals surface area contributed by atoms with Gasteiger partial charge in [0.15, 0.2) is 11.9 Å². The molecule has 0 saturated carbocycles. The first-order valence-electron chi connectivity index (χ1n) is 10.2. The zero-order valence-corrected chi connectivity index (χ0v) is 17.9. The van der Waals surface area contributed by atoms with Gasteiger partial charge < -0.3 is 5.73 Å². The van der Waals surface area contributed by atoms with Crippen LogP contribution < -0.4 is 5.73 Å². The second-order valence-corrected chi connectivity index (χ2v) is 10.1. The minimum Gasteiger partial charge on any atom is -0.383 e. The van der Waals surface area contributed by atoms with Gasteiger partial charge in [0.1, 0.15) is 15.7 Å². The van der Waals surface area contributed by atoms with E-state index in [9.17, 15) is 13.2 Å². The number of nitrogen functional groups attached to an aromatic ring is 1. The van der Waals surface area contributed by atoms with E-state index in [1.54, 1.807) is 24.8 Å². The summed E-state index contributed by atoms with van der Waals surface area (Å²) in [6.07, 6.45) is 8.33. The summed E-state index contributed by atoms with van der Waals surface area (Å²) in [6, 6.07) is 7.60. The Kier molecular flexibility index (Phi) is 4.93. The van der Waals surface area contributed by atoms with Gasteiger partial charge in [0.25, 0.3) is 0 Å². The van der Waals surface area contributed by atoms with Crippen molar-refractivity contribution in [2.75, 3.05) is 17.2 Å². The van der Waals surface area contributed by atoms with Crippen LogP contribution in [0, 0.1) is 0 Å². The predicted octanol–water partition coefficient (Wildman–Crippen LogP) is 2.54. The maximum Gasteiger partial charge on any atom is 0.165 e. The summed E-state index contributed by atoms with van der Waals surface area (Å²) in [6.45, 7) is 0. The number of nitrogens with zero attached hydrogens (tertiary/aromatic N) is 5. The van der Waals surface area contributed by atoms with E-state index < -0.39 is 9.84 Å². The molecule has 0 spiro atoms. The van der Waals surface area contributed by atoms with Crippen LogP contribution in [0.5, 0.6) is 0 Å². The van der Waals surface area contributed by atoms with Crippen LogP contribution in [0.2, 0.25) is 0 Å². The van der Waals surface area contributed by atoms with Crippen molar-refractivity contribution in [2.24, 2.45) is 0 Å². The molecular weight excluding hydrogens is 428 g/mol. The number of nitrogens with two attached hydrogens (primary N) is 1. The van der Waals surface area contributed by atoms with Crippen molar-refractivity contribution in [3.8, 4) is 22.4 Å². The number of fused-ring (bicyclic) bond motifs is 1. The zero-order chi connectivity index (χ0) is 22.3. The lowest BCUT2D eigenvalue weighted by Gasteiger charge is -2.23. The summed E-state index contributed by atoms with van der Waals surface area (Å²) in [5.74, 6) is 0.197. The third-order valence-electron chi connectivity index (χ3n) is 5.84. The number of hydrogen-bond acceptors (Lipinski definition) is 8. The van der Waals surface area contributed by atoms with Crippen LogP contribution in [0.1, 0.15) is 34.8 Å². The minimum absolute atomic E-state index is 0.0779. The standard InChI is InChI=1S/C22H20N6O3S/c23-21-18(13-29)20(14-5-8-32(30,31)9-6-14)27-22-17(12-26-28(21)22)15-3-4-19(25-11-15)16-2-1-7-24-10-16/h1-4,7,10-14H,5-6,8-9,23H2. The van der Waals surface area contributed by atoms with Gasteiger partial charge in [-0.1, -0.05) is 6.07 Å². The topological polar surface area (TPSA) is 133 Å². The van der Waals surface area contributed by atoms with E-state index in [2.05, 4.69) is 15.1 Å². The first-order chi connectivity index (χ1) is 15.5. The fraction of sp³-hybridized carbons (Fsp3) is 0.227. The molecule has 4 aromatic rings. The van der Waals surface area contributed by atoms with Gasteiger partial charge >= 0.3 is 0 Å². The summed E-state index contributed by atoms with van der Waals surface area (Å²) < 4.78 is 25.1. The number of sulfone groups is 1. The highest BCUT2D eigenvalue weighted by Gasteiger charge is 2.29. The maximum absolute atomic E-state index is 11.8. The average molecular weight is 449 g/mol. The van der Waals surface area contributed by atoms with Crippen molar-refractivity contribution in [3.63, 3.8) is 0 Å². The van der Waals surface area contributed by atoms with E-state index in [0.717, 1.165) is 22.4 Å². The molecule has 32 heavy (non-hydrogen) atoms. The van der Waals surface area contributed by atoms with E-state index in [1.165, 1.54) is 4.52 Å². The van der Waals surface area contributed by atoms with Crippen LogP contribution in [-0.4, -0.2) is 50.8 Å². The minimum atomic E-state index is -3.04. The Balaban J connectivity index is 1.58. The Morgan fingerprint density at radius 1 is 1.06 bits per heavy atom. The number of pyridine rings is 2. The Bertz CT molecular complexity index is 1400. The highest BCUT2D eigenvalue weighted by atomic mass is 32.2. The van der Waals surface area contributed by atoms with E-state index >= 15 is 0 Å². The number of hydrogen-bond donors (Lipinski definition) is 1. The summed E-state index contributed by atoms with van der Waals surface area (Å²) in [4.78, 5) is 25.2. The molecule has 0 aromatic carbocycles. The Hall–Kier alpha value is -3.66. The molecule has 0 aliphatic carbocycles. The quantitative estimate of drug-likeness (QED) is 0.471. The van der Waals surface area contributed by atoms with Gasteiger partial charge in [-0.2, -0.15) is 9.61 Å². The number of aromatic nitrogens is 5. The van der Waals surface area contributed by atoms with Crippen LogP contribution >= 0.6 is 0 Å². The second-order valence-electron chi connectivity index (χ2n) is 7.81. The summed E-state index contributed by atoms with van der Waals surface area (Å²) in [5.41, 5.74) is 10.8. The molecule has 162 valence electrons. The molecule has 1 saturated heterocycles. The largest absolute Gasteiger partial charge is 0.383 e. The van der Waals surface area contributed by atoms with Crippen molar-refractivity contribution in [1.82, 2.24) is 24.6 Å². The third kappa shape index (κ3) is 3.52. The van der Waals surface area contributed by atoms with Crippen molar-refractivity contribution in [3.05, 3.63) is 60.3 Å². The van der Waals surface area contributed by atoms with E-state index in [1.807, 2.05) is 24.3 Å². The Labute approximate surface area is 184 Å². The predicted molar refractivity (Wildman–Crippen MR) is 120 cm³/mol. The average Bonchev–Trinajstić information content (AvgIpc) is 3.24. The molecule has 9 nitrogen and oxygen atoms in total. The lowest BCUT2D eigenvalue weighted by atomic mass is 9.95. The summed E-state index contributed by atoms with van der Waals surface area (Å²) in [7, 11) is -3.04. The van der Waals surface area contributed by atoms with Crippen molar-refractivity contribution < 1.29 is 13.2 Å². The zero-order valence-electron chi connectivity index (χ0n) is 17.0. The summed E-state index contributed by atoms with van der Waals surface area (Å²) in [5, 5.41) is 4.33. The molecule has 1 aliphatic rings. The fourth-order valence-electron chi connectivity index (χ4n) is 4.08. The molecule has 5 rings (SSSR count). The molecule has 2 N–H and O–H groups in total. The molecule has 10 heteroatoms. The van der Waals surface area contributed by atoms with Gasteiger partial charge in [0.05, 0.1) is 34.7 Å². The second kappa shape index (κ2) is 7.79. The highest BCUT2D eigenvalue weighted by Crippen LogP contribution is 2.34. The lowest BCUT2D eigenvalue weighted by molar-refractivity contribution is 0.112. The van der Waals surface area contributed by atoms with E-state index in [0.29, 0.717) is 30.5 Å². The number of rotatable bonds is 4. The molecule has 0 atom stereocenters. The monoisotopic (exact) mass is 448 g/mol. The van der Waals surface area contributed by atoms with Gasteiger partial charge in [-0.05, 0) is 31.0 Å². The first-order valence-corrected chi connectivity index (χ1v) is 12.0. The van der Waals surface area contributed by atoms with Gasteiger partial charge in [-0.3, -0.25) is 14.8 Å². The molecule has 1 fully saturated rings. The van der Waals surface area contributed by atoms with Gasteiger partial charge in [-0.15, -0.1) is 0 Å². The first kappa shape index (κ1) is 20.3. The molecule has 0 bridgehead atoms. The van der Waals surface area contributed by atoms with Gasteiger partial charge in [0, 0.05) is 41.2 Å². The molecule has 0 unspecified atom stereocenters. The highest BCUT2D eigenvalue weighted by molar-refractivity contribution is 7.91. The number of anilines is 1.